The highest BCUT2D eigenvalue weighted by Crippen LogP contribution is 2.21. The van der Waals surface area contributed by atoms with Crippen molar-refractivity contribution in [3.8, 4) is 0 Å². The molecular formula is C11H15N3O4. The number of hydrogen-bond donors (Lipinski definition) is 2. The Morgan fingerprint density at radius 2 is 2.39 bits per heavy atom. The number of pyridine rings is 1. The SMILES string of the molecule is CC(CCCC(=O)O)Nc1ncccc1[N+](=O)[O-]. The number of anilines is 1. The van der Waals surface area contributed by atoms with E-state index in [1.165, 1.54) is 18.3 Å². The van der Waals surface area contributed by atoms with Gasteiger partial charge in [0, 0.05) is 24.7 Å². The van der Waals surface area contributed by atoms with Crippen molar-refractivity contribution in [1.82, 2.24) is 4.98 Å². The zero-order valence-electron chi connectivity index (χ0n) is 10.00. The van der Waals surface area contributed by atoms with Crippen LogP contribution in [0.5, 0.6) is 0 Å². The smallest absolute Gasteiger partial charge is 0.311 e. The number of carbonyl (C=O) groups is 1. The molecule has 0 spiro atoms. The first-order valence-electron chi connectivity index (χ1n) is 5.58. The minimum absolute atomic E-state index is 0.0713. The van der Waals surface area contributed by atoms with E-state index in [1.54, 1.807) is 0 Å². The van der Waals surface area contributed by atoms with Gasteiger partial charge in [-0.05, 0) is 25.8 Å². The summed E-state index contributed by atoms with van der Waals surface area (Å²) in [5.41, 5.74) is -0.0809. The van der Waals surface area contributed by atoms with Crippen LogP contribution in [-0.4, -0.2) is 27.0 Å². The lowest BCUT2D eigenvalue weighted by atomic mass is 10.1. The van der Waals surface area contributed by atoms with E-state index in [0.717, 1.165) is 0 Å². The summed E-state index contributed by atoms with van der Waals surface area (Å²) < 4.78 is 0. The molecule has 0 aromatic carbocycles. The highest BCUT2D eigenvalue weighted by molar-refractivity contribution is 5.66. The van der Waals surface area contributed by atoms with Gasteiger partial charge in [0.1, 0.15) is 0 Å². The number of nitro groups is 1. The molecule has 18 heavy (non-hydrogen) atoms. The number of nitrogens with one attached hydrogen (secondary N) is 1. The molecule has 0 aliphatic rings. The Bertz CT molecular complexity index is 436. The van der Waals surface area contributed by atoms with Crippen LogP contribution in [0.4, 0.5) is 11.5 Å². The molecule has 1 aromatic rings. The van der Waals surface area contributed by atoms with E-state index in [4.69, 9.17) is 5.11 Å². The van der Waals surface area contributed by atoms with E-state index in [0.29, 0.717) is 12.8 Å². The zero-order valence-corrected chi connectivity index (χ0v) is 10.00. The van der Waals surface area contributed by atoms with Gasteiger partial charge < -0.3 is 10.4 Å². The Balaban J connectivity index is 2.56. The van der Waals surface area contributed by atoms with Crippen LogP contribution in [0.2, 0.25) is 0 Å². The largest absolute Gasteiger partial charge is 0.481 e. The molecule has 0 saturated carbocycles. The van der Waals surface area contributed by atoms with Crippen LogP contribution in [0.25, 0.3) is 0 Å². The number of aliphatic carboxylic acids is 1. The molecule has 0 aliphatic heterocycles. The molecule has 0 fully saturated rings. The van der Waals surface area contributed by atoms with Crippen molar-refractivity contribution in [3.63, 3.8) is 0 Å². The summed E-state index contributed by atoms with van der Waals surface area (Å²) in [6.07, 6.45) is 2.69. The lowest BCUT2D eigenvalue weighted by Crippen LogP contribution is -2.17. The fourth-order valence-corrected chi connectivity index (χ4v) is 1.52. The van der Waals surface area contributed by atoms with E-state index < -0.39 is 10.9 Å². The number of nitrogens with zero attached hydrogens (tertiary/aromatic N) is 2. The Labute approximate surface area is 104 Å². The van der Waals surface area contributed by atoms with Gasteiger partial charge in [-0.15, -0.1) is 0 Å². The first kappa shape index (κ1) is 13.9. The van der Waals surface area contributed by atoms with Crippen molar-refractivity contribution in [1.29, 1.82) is 0 Å². The molecule has 2 N–H and O–H groups in total. The molecule has 1 aromatic heterocycles. The molecule has 0 radical (unpaired) electrons. The van der Waals surface area contributed by atoms with Crippen LogP contribution in [0, 0.1) is 10.1 Å². The Hall–Kier alpha value is -2.18. The summed E-state index contributed by atoms with van der Waals surface area (Å²) in [6.45, 7) is 1.83. The Morgan fingerprint density at radius 1 is 1.67 bits per heavy atom. The van der Waals surface area contributed by atoms with Crippen LogP contribution in [-0.2, 0) is 4.79 Å². The lowest BCUT2D eigenvalue weighted by molar-refractivity contribution is -0.384. The van der Waals surface area contributed by atoms with E-state index in [9.17, 15) is 14.9 Å². The summed E-state index contributed by atoms with van der Waals surface area (Å²) in [7, 11) is 0. The maximum atomic E-state index is 10.8. The molecular weight excluding hydrogens is 238 g/mol. The minimum Gasteiger partial charge on any atom is -0.481 e. The molecule has 7 nitrogen and oxygen atoms in total. The fraction of sp³-hybridized carbons (Fsp3) is 0.455. The first-order valence-corrected chi connectivity index (χ1v) is 5.58. The molecule has 1 heterocycles. The third kappa shape index (κ3) is 4.36. The van der Waals surface area contributed by atoms with Crippen LogP contribution in [0.15, 0.2) is 18.3 Å². The maximum Gasteiger partial charge on any atom is 0.311 e. The molecule has 0 aliphatic carbocycles. The topological polar surface area (TPSA) is 105 Å². The summed E-state index contributed by atoms with van der Waals surface area (Å²) in [6, 6.07) is 2.80. The normalized spacial score (nSPS) is 11.8. The highest BCUT2D eigenvalue weighted by Gasteiger charge is 2.15. The summed E-state index contributed by atoms with van der Waals surface area (Å²) in [5, 5.41) is 22.2. The number of carboxylic acids is 1. The quantitative estimate of drug-likeness (QED) is 0.569. The third-order valence-electron chi connectivity index (χ3n) is 2.39. The Kier molecular flexibility index (Phi) is 5.04. The van der Waals surface area contributed by atoms with Gasteiger partial charge in [0.15, 0.2) is 0 Å². The van der Waals surface area contributed by atoms with Crippen molar-refractivity contribution in [2.75, 3.05) is 5.32 Å². The van der Waals surface area contributed by atoms with Gasteiger partial charge >= 0.3 is 11.7 Å². The Morgan fingerprint density at radius 3 is 3.00 bits per heavy atom. The number of hydrogen-bond acceptors (Lipinski definition) is 5. The molecule has 7 heteroatoms. The number of aromatic nitrogens is 1. The van der Waals surface area contributed by atoms with E-state index in [2.05, 4.69) is 10.3 Å². The van der Waals surface area contributed by atoms with Crippen molar-refractivity contribution in [2.24, 2.45) is 0 Å². The van der Waals surface area contributed by atoms with Crippen LogP contribution < -0.4 is 5.32 Å². The second-order valence-corrected chi connectivity index (χ2v) is 3.96. The van der Waals surface area contributed by atoms with Gasteiger partial charge in [0.05, 0.1) is 4.92 Å². The molecule has 1 rings (SSSR count). The average Bonchev–Trinajstić information content (AvgIpc) is 2.28. The monoisotopic (exact) mass is 253 g/mol. The van der Waals surface area contributed by atoms with E-state index >= 15 is 0 Å². The van der Waals surface area contributed by atoms with E-state index in [-0.39, 0.29) is 24.0 Å². The molecule has 98 valence electrons. The van der Waals surface area contributed by atoms with Crippen LogP contribution in [0.1, 0.15) is 26.2 Å². The van der Waals surface area contributed by atoms with Gasteiger partial charge in [-0.25, -0.2) is 4.98 Å². The molecule has 0 bridgehead atoms. The van der Waals surface area contributed by atoms with Gasteiger partial charge in [0.2, 0.25) is 5.82 Å². The summed E-state index contributed by atoms with van der Waals surface area (Å²) >= 11 is 0. The molecule has 0 amide bonds. The van der Waals surface area contributed by atoms with Crippen molar-refractivity contribution < 1.29 is 14.8 Å². The van der Waals surface area contributed by atoms with Crippen molar-refractivity contribution >= 4 is 17.5 Å². The van der Waals surface area contributed by atoms with Gasteiger partial charge in [-0.3, -0.25) is 14.9 Å². The number of rotatable bonds is 7. The average molecular weight is 253 g/mol. The molecule has 1 unspecified atom stereocenters. The van der Waals surface area contributed by atoms with Gasteiger partial charge in [-0.1, -0.05) is 0 Å². The van der Waals surface area contributed by atoms with Crippen molar-refractivity contribution in [3.05, 3.63) is 28.4 Å². The second-order valence-electron chi connectivity index (χ2n) is 3.96. The summed E-state index contributed by atoms with van der Waals surface area (Å²) in [4.78, 5) is 24.5. The maximum absolute atomic E-state index is 10.8. The number of carboxylic acid groups (broad SMARTS) is 1. The fourth-order valence-electron chi connectivity index (χ4n) is 1.52. The van der Waals surface area contributed by atoms with Crippen molar-refractivity contribution in [2.45, 2.75) is 32.2 Å². The zero-order chi connectivity index (χ0) is 13.5. The van der Waals surface area contributed by atoms with Crippen LogP contribution in [0.3, 0.4) is 0 Å². The molecule has 0 saturated heterocycles. The van der Waals surface area contributed by atoms with Gasteiger partial charge in [-0.2, -0.15) is 0 Å². The first-order chi connectivity index (χ1) is 8.50. The standard InChI is InChI=1S/C11H15N3O4/c1-8(4-2-6-10(15)16)13-11-9(14(17)18)5-3-7-12-11/h3,5,7-8H,2,4,6H2,1H3,(H,12,13)(H,15,16). The predicted molar refractivity (Wildman–Crippen MR) is 65.5 cm³/mol. The van der Waals surface area contributed by atoms with Crippen LogP contribution >= 0.6 is 0 Å². The predicted octanol–water partition coefficient (Wildman–Crippen LogP) is 2.05. The second kappa shape index (κ2) is 6.53. The third-order valence-corrected chi connectivity index (χ3v) is 2.39. The lowest BCUT2D eigenvalue weighted by Gasteiger charge is -2.13. The summed E-state index contributed by atoms with van der Waals surface area (Å²) in [5.74, 6) is -0.628. The minimum atomic E-state index is -0.842. The van der Waals surface area contributed by atoms with E-state index in [1.807, 2.05) is 6.92 Å². The highest BCUT2D eigenvalue weighted by atomic mass is 16.6. The molecule has 1 atom stereocenters. The van der Waals surface area contributed by atoms with Gasteiger partial charge in [0.25, 0.3) is 0 Å².